The van der Waals surface area contributed by atoms with Crippen LogP contribution in [0.1, 0.15) is 32.3 Å². The Bertz CT molecular complexity index is 1200. The molecule has 0 bridgehead atoms. The maximum atomic E-state index is 13.6. The van der Waals surface area contributed by atoms with Crippen LogP contribution in [0.4, 0.5) is 10.3 Å². The standard InChI is InChI=1S/C25H29FN6/c1-5-6-17(2)28-25-27-13-11-21(29-25)24-23(19-7-9-20(26)10-8-19)30-22-15-18(16-31(3)4)12-14-32(22)24/h7-15,17H,5-6,16H2,1-4H3,(H,27,28,29). The Labute approximate surface area is 188 Å². The highest BCUT2D eigenvalue weighted by Gasteiger charge is 2.18. The second-order valence-corrected chi connectivity index (χ2v) is 8.42. The van der Waals surface area contributed by atoms with Crippen LogP contribution in [0.15, 0.2) is 54.9 Å². The lowest BCUT2D eigenvalue weighted by atomic mass is 10.1. The van der Waals surface area contributed by atoms with Gasteiger partial charge in [-0.2, -0.15) is 0 Å². The van der Waals surface area contributed by atoms with Gasteiger partial charge in [0.1, 0.15) is 11.5 Å². The Morgan fingerprint density at radius 1 is 1.09 bits per heavy atom. The van der Waals surface area contributed by atoms with E-state index in [-0.39, 0.29) is 11.9 Å². The van der Waals surface area contributed by atoms with Crippen LogP contribution in [-0.4, -0.2) is 44.4 Å². The number of imidazole rings is 1. The number of hydrogen-bond donors (Lipinski definition) is 1. The number of hydrogen-bond acceptors (Lipinski definition) is 5. The summed E-state index contributed by atoms with van der Waals surface area (Å²) in [4.78, 5) is 16.2. The molecule has 0 radical (unpaired) electrons. The number of aromatic nitrogens is 4. The fourth-order valence-corrected chi connectivity index (χ4v) is 3.89. The lowest BCUT2D eigenvalue weighted by Gasteiger charge is -2.13. The van der Waals surface area contributed by atoms with Gasteiger partial charge in [-0.25, -0.2) is 19.3 Å². The SMILES string of the molecule is CCCC(C)Nc1nccc(-c2c(-c3ccc(F)cc3)nc3cc(CN(C)C)ccn23)n1. The summed E-state index contributed by atoms with van der Waals surface area (Å²) in [7, 11) is 4.08. The summed E-state index contributed by atoms with van der Waals surface area (Å²) in [5.41, 5.74) is 5.22. The van der Waals surface area contributed by atoms with Gasteiger partial charge in [-0.1, -0.05) is 13.3 Å². The highest BCUT2D eigenvalue weighted by Crippen LogP contribution is 2.32. The molecule has 0 saturated heterocycles. The summed E-state index contributed by atoms with van der Waals surface area (Å²) in [5, 5.41) is 3.38. The lowest BCUT2D eigenvalue weighted by molar-refractivity contribution is 0.402. The van der Waals surface area contributed by atoms with Gasteiger partial charge in [0.2, 0.25) is 5.95 Å². The topological polar surface area (TPSA) is 58.4 Å². The van der Waals surface area contributed by atoms with Crippen molar-refractivity contribution in [3.05, 3.63) is 66.2 Å². The molecule has 7 heteroatoms. The van der Waals surface area contributed by atoms with Gasteiger partial charge in [0.25, 0.3) is 0 Å². The monoisotopic (exact) mass is 432 g/mol. The van der Waals surface area contributed by atoms with Crippen LogP contribution in [0.5, 0.6) is 0 Å². The molecule has 32 heavy (non-hydrogen) atoms. The van der Waals surface area contributed by atoms with E-state index in [4.69, 9.17) is 9.97 Å². The predicted octanol–water partition coefficient (Wildman–Crippen LogP) is 5.26. The number of fused-ring (bicyclic) bond motifs is 1. The number of rotatable bonds is 8. The Kier molecular flexibility index (Phi) is 6.46. The van der Waals surface area contributed by atoms with Crippen molar-refractivity contribution in [1.82, 2.24) is 24.3 Å². The van der Waals surface area contributed by atoms with Crippen LogP contribution < -0.4 is 5.32 Å². The van der Waals surface area contributed by atoms with E-state index in [0.717, 1.165) is 47.7 Å². The highest BCUT2D eigenvalue weighted by atomic mass is 19.1. The van der Waals surface area contributed by atoms with Crippen molar-refractivity contribution in [2.24, 2.45) is 0 Å². The molecule has 1 unspecified atom stereocenters. The first-order valence-corrected chi connectivity index (χ1v) is 11.0. The third-order valence-electron chi connectivity index (χ3n) is 5.30. The fourth-order valence-electron chi connectivity index (χ4n) is 3.89. The minimum Gasteiger partial charge on any atom is -0.352 e. The van der Waals surface area contributed by atoms with Gasteiger partial charge in [0.15, 0.2) is 0 Å². The molecule has 0 saturated carbocycles. The van der Waals surface area contributed by atoms with E-state index in [1.54, 1.807) is 18.3 Å². The maximum Gasteiger partial charge on any atom is 0.223 e. The second-order valence-electron chi connectivity index (χ2n) is 8.42. The van der Waals surface area contributed by atoms with Crippen LogP contribution >= 0.6 is 0 Å². The third kappa shape index (κ3) is 4.78. The van der Waals surface area contributed by atoms with Gasteiger partial charge in [0, 0.05) is 30.5 Å². The van der Waals surface area contributed by atoms with Gasteiger partial charge < -0.3 is 10.2 Å². The van der Waals surface area contributed by atoms with Crippen LogP contribution in [-0.2, 0) is 6.54 Å². The van der Waals surface area contributed by atoms with Crippen molar-refractivity contribution < 1.29 is 4.39 Å². The van der Waals surface area contributed by atoms with Gasteiger partial charge >= 0.3 is 0 Å². The first-order chi connectivity index (χ1) is 15.4. The molecular formula is C25H29FN6. The molecule has 166 valence electrons. The lowest BCUT2D eigenvalue weighted by Crippen LogP contribution is -2.16. The first-order valence-electron chi connectivity index (χ1n) is 11.0. The van der Waals surface area contributed by atoms with E-state index < -0.39 is 0 Å². The average molecular weight is 433 g/mol. The van der Waals surface area contributed by atoms with Crippen molar-refractivity contribution in [3.8, 4) is 22.6 Å². The zero-order valence-corrected chi connectivity index (χ0v) is 19.0. The highest BCUT2D eigenvalue weighted by molar-refractivity contribution is 5.80. The van der Waals surface area contributed by atoms with E-state index in [9.17, 15) is 4.39 Å². The second kappa shape index (κ2) is 9.44. The summed E-state index contributed by atoms with van der Waals surface area (Å²) in [6, 6.07) is 12.8. The molecule has 0 fully saturated rings. The Morgan fingerprint density at radius 2 is 1.88 bits per heavy atom. The molecule has 0 aliphatic rings. The van der Waals surface area contributed by atoms with Crippen molar-refractivity contribution in [2.75, 3.05) is 19.4 Å². The minimum atomic E-state index is -0.272. The molecule has 6 nitrogen and oxygen atoms in total. The van der Waals surface area contributed by atoms with E-state index in [1.807, 2.05) is 30.8 Å². The van der Waals surface area contributed by atoms with Crippen LogP contribution in [0.3, 0.4) is 0 Å². The van der Waals surface area contributed by atoms with Crippen molar-refractivity contribution in [3.63, 3.8) is 0 Å². The zero-order valence-electron chi connectivity index (χ0n) is 19.0. The first kappa shape index (κ1) is 21.9. The smallest absolute Gasteiger partial charge is 0.223 e. The van der Waals surface area contributed by atoms with Crippen LogP contribution in [0, 0.1) is 5.82 Å². The largest absolute Gasteiger partial charge is 0.352 e. The Hall–Kier alpha value is -3.32. The molecule has 0 spiro atoms. The van der Waals surface area contributed by atoms with Crippen molar-refractivity contribution in [2.45, 2.75) is 39.3 Å². The quantitative estimate of drug-likeness (QED) is 0.412. The maximum absolute atomic E-state index is 13.6. The zero-order chi connectivity index (χ0) is 22.7. The van der Waals surface area contributed by atoms with E-state index in [2.05, 4.69) is 41.2 Å². The summed E-state index contributed by atoms with van der Waals surface area (Å²) < 4.78 is 15.6. The van der Waals surface area contributed by atoms with Crippen LogP contribution in [0.2, 0.25) is 0 Å². The van der Waals surface area contributed by atoms with Gasteiger partial charge in [-0.05, 0) is 75.5 Å². The van der Waals surface area contributed by atoms with Gasteiger partial charge in [-0.15, -0.1) is 0 Å². The summed E-state index contributed by atoms with van der Waals surface area (Å²) in [6.45, 7) is 5.11. The van der Waals surface area contributed by atoms with E-state index >= 15 is 0 Å². The van der Waals surface area contributed by atoms with Gasteiger partial charge in [-0.3, -0.25) is 4.40 Å². The summed E-state index contributed by atoms with van der Waals surface area (Å²) in [5.74, 6) is 0.318. The number of halogens is 1. The summed E-state index contributed by atoms with van der Waals surface area (Å²) >= 11 is 0. The molecule has 4 aromatic rings. The molecule has 1 aromatic carbocycles. The van der Waals surface area contributed by atoms with Crippen molar-refractivity contribution >= 4 is 11.6 Å². The average Bonchev–Trinajstić information content (AvgIpc) is 3.13. The molecule has 0 amide bonds. The Balaban J connectivity index is 1.85. The van der Waals surface area contributed by atoms with E-state index in [0.29, 0.717) is 5.95 Å². The van der Waals surface area contributed by atoms with Gasteiger partial charge in [0.05, 0.1) is 17.1 Å². The van der Waals surface area contributed by atoms with Crippen LogP contribution in [0.25, 0.3) is 28.3 Å². The number of nitrogens with zero attached hydrogens (tertiary/aromatic N) is 5. The molecule has 0 aliphatic heterocycles. The van der Waals surface area contributed by atoms with Crippen molar-refractivity contribution in [1.29, 1.82) is 0 Å². The van der Waals surface area contributed by atoms with E-state index in [1.165, 1.54) is 17.7 Å². The molecule has 3 aromatic heterocycles. The normalized spacial score (nSPS) is 12.4. The predicted molar refractivity (Wildman–Crippen MR) is 127 cm³/mol. The number of anilines is 1. The number of benzene rings is 1. The Morgan fingerprint density at radius 3 is 2.59 bits per heavy atom. The molecule has 4 rings (SSSR count). The molecule has 0 aliphatic carbocycles. The number of nitrogens with one attached hydrogen (secondary N) is 1. The number of pyridine rings is 1. The fraction of sp³-hybridized carbons (Fsp3) is 0.320. The third-order valence-corrected chi connectivity index (χ3v) is 5.30. The minimum absolute atomic E-state index is 0.272. The summed E-state index contributed by atoms with van der Waals surface area (Å²) in [6.07, 6.45) is 5.92. The molecule has 1 atom stereocenters. The molecule has 3 heterocycles. The molecular weight excluding hydrogens is 403 g/mol. The molecule has 1 N–H and O–H groups in total.